The summed E-state index contributed by atoms with van der Waals surface area (Å²) >= 11 is 0. The Kier molecular flexibility index (Phi) is 4.77. The third-order valence-corrected chi connectivity index (χ3v) is 2.98. The first kappa shape index (κ1) is 15.6. The van der Waals surface area contributed by atoms with Gasteiger partial charge in [0.2, 0.25) is 5.95 Å². The van der Waals surface area contributed by atoms with Gasteiger partial charge in [-0.25, -0.2) is 9.78 Å². The van der Waals surface area contributed by atoms with Gasteiger partial charge < -0.3 is 10.2 Å². The van der Waals surface area contributed by atoms with Gasteiger partial charge in [-0.05, 0) is 26.0 Å². The molecule has 116 valence electrons. The molecule has 0 fully saturated rings. The molecule has 7 heteroatoms. The zero-order chi connectivity index (χ0) is 16.1. The second kappa shape index (κ2) is 6.75. The van der Waals surface area contributed by atoms with Crippen LogP contribution in [0, 0.1) is 0 Å². The Morgan fingerprint density at radius 2 is 2.14 bits per heavy atom. The van der Waals surface area contributed by atoms with Crippen LogP contribution in [0.1, 0.15) is 13.8 Å². The number of ether oxygens (including phenoxy) is 1. The van der Waals surface area contributed by atoms with E-state index >= 15 is 0 Å². The maximum absolute atomic E-state index is 12.2. The minimum atomic E-state index is -0.436. The van der Waals surface area contributed by atoms with E-state index in [1.807, 2.05) is 6.07 Å². The predicted molar refractivity (Wildman–Crippen MR) is 84.1 cm³/mol. The molecule has 1 aromatic heterocycles. The summed E-state index contributed by atoms with van der Waals surface area (Å²) in [6.45, 7) is 3.75. The van der Waals surface area contributed by atoms with Gasteiger partial charge in [-0.3, -0.25) is 14.8 Å². The minimum Gasteiger partial charge on any atom is -0.463 e. The SMILES string of the molecule is CCOC(=O)/C=C(/C)NNc1nc2ccccc2c(=O)n1C. The maximum atomic E-state index is 12.2. The van der Waals surface area contributed by atoms with Crippen LogP contribution < -0.4 is 16.4 Å². The van der Waals surface area contributed by atoms with Crippen LogP contribution in [-0.4, -0.2) is 22.1 Å². The number of carbonyl (C=O) groups is 1. The van der Waals surface area contributed by atoms with Gasteiger partial charge >= 0.3 is 5.97 Å². The van der Waals surface area contributed by atoms with Gasteiger partial charge in [-0.1, -0.05) is 12.1 Å². The molecule has 0 unspecified atom stereocenters. The number of para-hydroxylation sites is 1. The largest absolute Gasteiger partial charge is 0.463 e. The average molecular weight is 302 g/mol. The number of allylic oxidation sites excluding steroid dienone is 1. The van der Waals surface area contributed by atoms with Crippen LogP contribution in [0.15, 0.2) is 40.8 Å². The molecular weight excluding hydrogens is 284 g/mol. The second-order valence-corrected chi connectivity index (χ2v) is 4.65. The van der Waals surface area contributed by atoms with Gasteiger partial charge in [0.15, 0.2) is 0 Å². The number of carbonyl (C=O) groups excluding carboxylic acids is 1. The molecule has 0 saturated heterocycles. The van der Waals surface area contributed by atoms with Crippen molar-refractivity contribution >= 4 is 22.8 Å². The Balaban J connectivity index is 2.20. The maximum Gasteiger partial charge on any atom is 0.332 e. The van der Waals surface area contributed by atoms with Crippen molar-refractivity contribution in [1.82, 2.24) is 15.0 Å². The fourth-order valence-electron chi connectivity index (χ4n) is 1.88. The summed E-state index contributed by atoms with van der Waals surface area (Å²) in [5.74, 6) is -0.0880. The molecule has 0 bridgehead atoms. The van der Waals surface area contributed by atoms with Crippen molar-refractivity contribution in [1.29, 1.82) is 0 Å². The molecular formula is C15H18N4O3. The van der Waals surface area contributed by atoms with Crippen molar-refractivity contribution < 1.29 is 9.53 Å². The Morgan fingerprint density at radius 1 is 1.41 bits per heavy atom. The standard InChI is InChI=1S/C15H18N4O3/c1-4-22-13(20)9-10(2)17-18-15-16-12-8-6-5-7-11(12)14(21)19(15)3/h5-9,17H,4H2,1-3H3,(H,16,18)/b10-9-. The molecule has 22 heavy (non-hydrogen) atoms. The number of aromatic nitrogens is 2. The quantitative estimate of drug-likeness (QED) is 0.492. The number of hydrazine groups is 1. The summed E-state index contributed by atoms with van der Waals surface area (Å²) in [6, 6.07) is 7.11. The molecule has 0 aliphatic heterocycles. The molecule has 2 aromatic rings. The highest BCUT2D eigenvalue weighted by Gasteiger charge is 2.07. The molecule has 0 aliphatic carbocycles. The Bertz CT molecular complexity index is 780. The van der Waals surface area contributed by atoms with Gasteiger partial charge in [0.25, 0.3) is 5.56 Å². The van der Waals surface area contributed by atoms with Crippen molar-refractivity contribution in [3.63, 3.8) is 0 Å². The summed E-state index contributed by atoms with van der Waals surface area (Å²) in [4.78, 5) is 27.9. The number of esters is 1. The van der Waals surface area contributed by atoms with Crippen LogP contribution in [0.5, 0.6) is 0 Å². The number of rotatable bonds is 5. The summed E-state index contributed by atoms with van der Waals surface area (Å²) in [6.07, 6.45) is 1.32. The molecule has 0 atom stereocenters. The Labute approximate surface area is 127 Å². The van der Waals surface area contributed by atoms with Crippen molar-refractivity contribution in [2.24, 2.45) is 7.05 Å². The fourth-order valence-corrected chi connectivity index (χ4v) is 1.88. The fraction of sp³-hybridized carbons (Fsp3) is 0.267. The van der Waals surface area contributed by atoms with Gasteiger partial charge in [-0.15, -0.1) is 0 Å². The molecule has 2 rings (SSSR count). The molecule has 0 saturated carbocycles. The highest BCUT2D eigenvalue weighted by molar-refractivity contribution is 5.82. The lowest BCUT2D eigenvalue weighted by Gasteiger charge is -2.13. The van der Waals surface area contributed by atoms with Crippen molar-refractivity contribution in [3.8, 4) is 0 Å². The highest BCUT2D eigenvalue weighted by Crippen LogP contribution is 2.09. The van der Waals surface area contributed by atoms with Crippen LogP contribution >= 0.6 is 0 Å². The van der Waals surface area contributed by atoms with E-state index in [0.29, 0.717) is 29.2 Å². The van der Waals surface area contributed by atoms with E-state index in [0.717, 1.165) is 0 Å². The van der Waals surface area contributed by atoms with Crippen LogP contribution in [-0.2, 0) is 16.6 Å². The van der Waals surface area contributed by atoms with E-state index in [-0.39, 0.29) is 5.56 Å². The van der Waals surface area contributed by atoms with E-state index in [4.69, 9.17) is 4.74 Å². The van der Waals surface area contributed by atoms with Gasteiger partial charge in [0.05, 0.1) is 17.5 Å². The smallest absolute Gasteiger partial charge is 0.332 e. The topological polar surface area (TPSA) is 85.2 Å². The highest BCUT2D eigenvalue weighted by atomic mass is 16.5. The van der Waals surface area contributed by atoms with Crippen molar-refractivity contribution in [2.75, 3.05) is 12.0 Å². The van der Waals surface area contributed by atoms with Crippen LogP contribution in [0.4, 0.5) is 5.95 Å². The van der Waals surface area contributed by atoms with E-state index in [1.54, 1.807) is 39.1 Å². The normalized spacial score (nSPS) is 11.3. The number of fused-ring (bicyclic) bond motifs is 1. The molecule has 0 amide bonds. The number of anilines is 1. The van der Waals surface area contributed by atoms with Crippen LogP contribution in [0.3, 0.4) is 0 Å². The lowest BCUT2D eigenvalue weighted by Crippen LogP contribution is -2.28. The lowest BCUT2D eigenvalue weighted by molar-refractivity contribution is -0.137. The Hall–Kier alpha value is -2.83. The van der Waals surface area contributed by atoms with Crippen molar-refractivity contribution in [3.05, 3.63) is 46.4 Å². The molecule has 7 nitrogen and oxygen atoms in total. The zero-order valence-electron chi connectivity index (χ0n) is 12.7. The number of hydrogen-bond acceptors (Lipinski definition) is 6. The first-order valence-corrected chi connectivity index (χ1v) is 6.85. The number of hydrogen-bond donors (Lipinski definition) is 2. The molecule has 1 heterocycles. The van der Waals surface area contributed by atoms with Crippen LogP contribution in [0.25, 0.3) is 10.9 Å². The number of nitrogens with one attached hydrogen (secondary N) is 2. The summed E-state index contributed by atoms with van der Waals surface area (Å²) in [5, 5.41) is 0.550. The van der Waals surface area contributed by atoms with E-state index in [1.165, 1.54) is 10.6 Å². The Morgan fingerprint density at radius 3 is 2.86 bits per heavy atom. The second-order valence-electron chi connectivity index (χ2n) is 4.65. The predicted octanol–water partition coefficient (Wildman–Crippen LogP) is 1.32. The number of benzene rings is 1. The first-order valence-electron chi connectivity index (χ1n) is 6.85. The third kappa shape index (κ3) is 3.43. The monoisotopic (exact) mass is 302 g/mol. The van der Waals surface area contributed by atoms with Gasteiger partial charge in [0, 0.05) is 18.8 Å². The average Bonchev–Trinajstić information content (AvgIpc) is 2.49. The molecule has 0 spiro atoms. The first-order chi connectivity index (χ1) is 10.5. The van der Waals surface area contributed by atoms with Gasteiger partial charge in [0.1, 0.15) is 0 Å². The minimum absolute atomic E-state index is 0.151. The van der Waals surface area contributed by atoms with Crippen molar-refractivity contribution in [2.45, 2.75) is 13.8 Å². The summed E-state index contributed by atoms with van der Waals surface area (Å²) in [5.41, 5.74) is 6.62. The zero-order valence-corrected chi connectivity index (χ0v) is 12.7. The molecule has 0 radical (unpaired) electrons. The summed E-state index contributed by atoms with van der Waals surface area (Å²) < 4.78 is 6.21. The lowest BCUT2D eigenvalue weighted by atomic mass is 10.2. The number of nitrogens with zero attached hydrogens (tertiary/aromatic N) is 2. The van der Waals surface area contributed by atoms with Gasteiger partial charge in [-0.2, -0.15) is 0 Å². The molecule has 1 aromatic carbocycles. The van der Waals surface area contributed by atoms with E-state index in [9.17, 15) is 9.59 Å². The van der Waals surface area contributed by atoms with Crippen LogP contribution in [0.2, 0.25) is 0 Å². The van der Waals surface area contributed by atoms with E-state index < -0.39 is 5.97 Å². The summed E-state index contributed by atoms with van der Waals surface area (Å²) in [7, 11) is 1.62. The molecule has 0 aliphatic rings. The molecule has 2 N–H and O–H groups in total. The third-order valence-electron chi connectivity index (χ3n) is 2.98. The van der Waals surface area contributed by atoms with E-state index in [2.05, 4.69) is 15.8 Å².